The molecule has 0 radical (unpaired) electrons. The first-order valence-corrected chi connectivity index (χ1v) is 8.24. The molecule has 3 aliphatic rings. The Labute approximate surface area is 116 Å². The van der Waals surface area contributed by atoms with E-state index in [2.05, 4.69) is 4.90 Å². The highest BCUT2D eigenvalue weighted by Gasteiger charge is 2.42. The van der Waals surface area contributed by atoms with Gasteiger partial charge in [-0.1, -0.05) is 19.3 Å². The van der Waals surface area contributed by atoms with Crippen LogP contribution >= 0.6 is 0 Å². The number of ketones is 1. The molecule has 0 aromatic carbocycles. The lowest BCUT2D eigenvalue weighted by Crippen LogP contribution is -2.48. The van der Waals surface area contributed by atoms with E-state index in [1.54, 1.807) is 0 Å². The number of likely N-dealkylation sites (tertiary alicyclic amines) is 1. The van der Waals surface area contributed by atoms with Crippen molar-refractivity contribution in [3.05, 3.63) is 0 Å². The van der Waals surface area contributed by atoms with Gasteiger partial charge in [-0.3, -0.25) is 9.69 Å². The number of nitrogens with zero attached hydrogens (tertiary/aromatic N) is 1. The highest BCUT2D eigenvalue weighted by atomic mass is 16.3. The molecule has 0 amide bonds. The van der Waals surface area contributed by atoms with E-state index in [1.165, 1.54) is 32.1 Å². The third-order valence-electron chi connectivity index (χ3n) is 5.53. The van der Waals surface area contributed by atoms with Crippen LogP contribution in [0.5, 0.6) is 0 Å². The summed E-state index contributed by atoms with van der Waals surface area (Å²) in [6.07, 6.45) is 10.9. The van der Waals surface area contributed by atoms with Gasteiger partial charge >= 0.3 is 0 Å². The summed E-state index contributed by atoms with van der Waals surface area (Å²) >= 11 is 0. The Bertz CT molecular complexity index is 331. The molecule has 1 aliphatic heterocycles. The summed E-state index contributed by atoms with van der Waals surface area (Å²) in [7, 11) is 0. The Morgan fingerprint density at radius 3 is 2.47 bits per heavy atom. The molecule has 2 aliphatic carbocycles. The van der Waals surface area contributed by atoms with Gasteiger partial charge in [-0.05, 0) is 45.1 Å². The van der Waals surface area contributed by atoms with E-state index in [0.29, 0.717) is 17.9 Å². The Hall–Kier alpha value is -0.410. The van der Waals surface area contributed by atoms with Crippen molar-refractivity contribution >= 4 is 5.78 Å². The first-order valence-electron chi connectivity index (χ1n) is 8.24. The summed E-state index contributed by atoms with van der Waals surface area (Å²) in [6.45, 7) is 1.09. The van der Waals surface area contributed by atoms with E-state index in [-0.39, 0.29) is 12.0 Å². The van der Waals surface area contributed by atoms with Gasteiger partial charge in [-0.25, -0.2) is 0 Å². The second-order valence-electron chi connectivity index (χ2n) is 6.69. The maximum absolute atomic E-state index is 12.0. The number of rotatable bonds is 2. The predicted molar refractivity (Wildman–Crippen MR) is 75.0 cm³/mol. The Morgan fingerprint density at radius 1 is 0.895 bits per heavy atom. The van der Waals surface area contributed by atoms with Gasteiger partial charge in [0.05, 0.1) is 6.10 Å². The molecule has 3 nitrogen and oxygen atoms in total. The molecule has 3 heteroatoms. The van der Waals surface area contributed by atoms with Gasteiger partial charge in [0.1, 0.15) is 5.78 Å². The van der Waals surface area contributed by atoms with Crippen LogP contribution < -0.4 is 0 Å². The van der Waals surface area contributed by atoms with Crippen molar-refractivity contribution in [2.24, 2.45) is 5.92 Å². The summed E-state index contributed by atoms with van der Waals surface area (Å²) in [5.74, 6) is 0.762. The number of hydrogen-bond acceptors (Lipinski definition) is 3. The first-order chi connectivity index (χ1) is 9.27. The minimum absolute atomic E-state index is 0.167. The van der Waals surface area contributed by atoms with Gasteiger partial charge in [0, 0.05) is 24.4 Å². The largest absolute Gasteiger partial charge is 0.391 e. The highest BCUT2D eigenvalue weighted by Crippen LogP contribution is 2.36. The van der Waals surface area contributed by atoms with E-state index < -0.39 is 0 Å². The van der Waals surface area contributed by atoms with Crippen LogP contribution in [0.1, 0.15) is 64.2 Å². The molecule has 1 saturated heterocycles. The standard InChI is InChI=1S/C16H27NO2/c18-15-10-4-6-12(15)13-8-5-11-17(13)14-7-2-1-3-9-16(14)19/h12-14,16,19H,1-11H2. The van der Waals surface area contributed by atoms with Crippen molar-refractivity contribution in [2.45, 2.75) is 82.4 Å². The summed E-state index contributed by atoms with van der Waals surface area (Å²) in [4.78, 5) is 14.6. The van der Waals surface area contributed by atoms with Crippen molar-refractivity contribution in [3.63, 3.8) is 0 Å². The molecule has 0 bridgehead atoms. The molecule has 0 aromatic rings. The lowest BCUT2D eigenvalue weighted by molar-refractivity contribution is -0.123. The van der Waals surface area contributed by atoms with Gasteiger partial charge in [-0.15, -0.1) is 0 Å². The SMILES string of the molecule is O=C1CCCC1C1CCCN1C1CCCCCC1O. The summed E-state index contributed by atoms with van der Waals surface area (Å²) in [5.41, 5.74) is 0. The maximum atomic E-state index is 12.0. The molecule has 3 rings (SSSR count). The monoisotopic (exact) mass is 265 g/mol. The molecule has 3 fully saturated rings. The van der Waals surface area contributed by atoms with Crippen molar-refractivity contribution in [1.29, 1.82) is 0 Å². The number of aliphatic hydroxyl groups is 1. The third-order valence-corrected chi connectivity index (χ3v) is 5.53. The van der Waals surface area contributed by atoms with Gasteiger partial charge in [0.25, 0.3) is 0 Å². The summed E-state index contributed by atoms with van der Waals surface area (Å²) < 4.78 is 0. The maximum Gasteiger partial charge on any atom is 0.137 e. The van der Waals surface area contributed by atoms with Gasteiger partial charge in [-0.2, -0.15) is 0 Å². The average Bonchev–Trinajstić information content (AvgIpc) is 2.97. The van der Waals surface area contributed by atoms with Crippen LogP contribution in [0.2, 0.25) is 0 Å². The van der Waals surface area contributed by atoms with Crippen LogP contribution in [0.15, 0.2) is 0 Å². The van der Waals surface area contributed by atoms with Crippen LogP contribution in [0.4, 0.5) is 0 Å². The zero-order chi connectivity index (χ0) is 13.2. The minimum atomic E-state index is -0.167. The van der Waals surface area contributed by atoms with Gasteiger partial charge in [0.15, 0.2) is 0 Å². The third kappa shape index (κ3) is 2.73. The second-order valence-corrected chi connectivity index (χ2v) is 6.69. The fourth-order valence-corrected chi connectivity index (χ4v) is 4.56. The van der Waals surface area contributed by atoms with Crippen molar-refractivity contribution in [2.75, 3.05) is 6.54 Å². The van der Waals surface area contributed by atoms with Crippen LogP contribution in [0.3, 0.4) is 0 Å². The molecule has 1 N–H and O–H groups in total. The van der Waals surface area contributed by atoms with E-state index >= 15 is 0 Å². The summed E-state index contributed by atoms with van der Waals surface area (Å²) in [6, 6.07) is 0.760. The molecule has 0 spiro atoms. The predicted octanol–water partition coefficient (Wildman–Crippen LogP) is 2.51. The lowest BCUT2D eigenvalue weighted by atomic mass is 9.92. The fourth-order valence-electron chi connectivity index (χ4n) is 4.56. The van der Waals surface area contributed by atoms with Crippen LogP contribution in [-0.2, 0) is 4.79 Å². The van der Waals surface area contributed by atoms with Crippen molar-refractivity contribution in [3.8, 4) is 0 Å². The average molecular weight is 265 g/mol. The minimum Gasteiger partial charge on any atom is -0.391 e. The highest BCUT2D eigenvalue weighted by molar-refractivity contribution is 5.83. The number of hydrogen-bond donors (Lipinski definition) is 1. The molecular weight excluding hydrogens is 238 g/mol. The van der Waals surface area contributed by atoms with Crippen LogP contribution in [0, 0.1) is 5.92 Å². The number of aliphatic hydroxyl groups excluding tert-OH is 1. The van der Waals surface area contributed by atoms with Crippen molar-refractivity contribution in [1.82, 2.24) is 4.90 Å². The molecule has 1 heterocycles. The Kier molecular flexibility index (Phi) is 4.23. The molecule has 0 aromatic heterocycles. The topological polar surface area (TPSA) is 40.5 Å². The number of Topliss-reactive ketones (excluding diaryl/α,β-unsaturated/α-hetero) is 1. The Balaban J connectivity index is 1.72. The number of carbonyl (C=O) groups excluding carboxylic acids is 1. The lowest BCUT2D eigenvalue weighted by Gasteiger charge is -2.37. The van der Waals surface area contributed by atoms with Crippen molar-refractivity contribution < 1.29 is 9.90 Å². The zero-order valence-electron chi connectivity index (χ0n) is 11.9. The summed E-state index contributed by atoms with van der Waals surface area (Å²) in [5, 5.41) is 10.4. The number of carbonyl (C=O) groups is 1. The zero-order valence-corrected chi connectivity index (χ0v) is 11.9. The van der Waals surface area contributed by atoms with E-state index in [1.807, 2.05) is 0 Å². The molecule has 4 unspecified atom stereocenters. The normalized spacial score (nSPS) is 41.6. The second kappa shape index (κ2) is 5.92. The fraction of sp³-hybridized carbons (Fsp3) is 0.938. The Morgan fingerprint density at radius 2 is 1.68 bits per heavy atom. The molecule has 4 atom stereocenters. The van der Waals surface area contributed by atoms with Crippen LogP contribution in [-0.4, -0.2) is 40.5 Å². The smallest absolute Gasteiger partial charge is 0.137 e. The van der Waals surface area contributed by atoms with Gasteiger partial charge < -0.3 is 5.11 Å². The quantitative estimate of drug-likeness (QED) is 0.780. The molecular formula is C16H27NO2. The van der Waals surface area contributed by atoms with E-state index in [9.17, 15) is 9.90 Å². The molecule has 19 heavy (non-hydrogen) atoms. The molecule has 108 valence electrons. The first kappa shape index (κ1) is 13.6. The van der Waals surface area contributed by atoms with E-state index in [4.69, 9.17) is 0 Å². The van der Waals surface area contributed by atoms with Crippen LogP contribution in [0.25, 0.3) is 0 Å². The van der Waals surface area contributed by atoms with Gasteiger partial charge in [0.2, 0.25) is 0 Å². The molecule has 2 saturated carbocycles. The van der Waals surface area contributed by atoms with E-state index in [0.717, 1.165) is 38.6 Å².